The molecule has 1 fully saturated rings. The Kier molecular flexibility index (Phi) is 7.81. The van der Waals surface area contributed by atoms with E-state index >= 15 is 0 Å². The molecule has 0 N–H and O–H groups in total. The Morgan fingerprint density at radius 3 is 0.650 bits per heavy atom. The van der Waals surface area contributed by atoms with Crippen LogP contribution in [0.3, 0.4) is 0 Å². The smallest absolute Gasteiger partial charge is 0.366 e. The maximum absolute atomic E-state index is 13.6. The minimum atomic E-state index is -9.57. The fraction of sp³-hybridized carbons (Fsp3) is 1.00. The van der Waals surface area contributed by atoms with Crippen LogP contribution in [0.4, 0.5) is 110 Å². The van der Waals surface area contributed by atoms with Crippen molar-refractivity contribution in [2.45, 2.75) is 77.4 Å². The summed E-state index contributed by atoms with van der Waals surface area (Å²) in [5, 5.41) is 0. The van der Waals surface area contributed by atoms with E-state index in [-0.39, 0.29) is 0 Å². The number of hydrogen-bond donors (Lipinski definition) is 0. The third kappa shape index (κ3) is 3.98. The van der Waals surface area contributed by atoms with Crippen molar-refractivity contribution in [1.82, 2.24) is 0 Å². The molecule has 0 aliphatic carbocycles. The van der Waals surface area contributed by atoms with E-state index in [9.17, 15) is 110 Å². The van der Waals surface area contributed by atoms with Gasteiger partial charge in [0.25, 0.3) is 0 Å². The monoisotopic (exact) mass is 662 g/mol. The van der Waals surface area contributed by atoms with Crippen molar-refractivity contribution in [2.24, 2.45) is 0 Å². The minimum Gasteiger partial charge on any atom is -0.366 e. The molecule has 0 aromatic rings. The van der Waals surface area contributed by atoms with Crippen LogP contribution in [0, 0.1) is 0 Å². The van der Waals surface area contributed by atoms with Crippen molar-refractivity contribution in [3.05, 3.63) is 0 Å². The Morgan fingerprint density at radius 1 is 0.300 bits per heavy atom. The highest BCUT2D eigenvalue weighted by atomic mass is 19.4. The van der Waals surface area contributed by atoms with E-state index in [1.54, 1.807) is 0 Å². The van der Waals surface area contributed by atoms with Crippen molar-refractivity contribution in [3.63, 3.8) is 0 Å². The summed E-state index contributed by atoms with van der Waals surface area (Å²) < 4.78 is 333. The van der Waals surface area contributed by atoms with E-state index in [1.807, 2.05) is 0 Å². The molecule has 1 nitrogen and oxygen atoms in total. The molecule has 0 aromatic carbocycles. The summed E-state index contributed by atoms with van der Waals surface area (Å²) in [5.41, 5.74) is 0. The van der Waals surface area contributed by atoms with Crippen molar-refractivity contribution >= 4 is 0 Å². The first-order valence-electron chi connectivity index (χ1n) is 8.70. The van der Waals surface area contributed by atoms with Crippen LogP contribution >= 0.6 is 0 Å². The molecule has 0 aromatic heterocycles. The lowest BCUT2D eigenvalue weighted by molar-refractivity contribution is -0.482. The van der Waals surface area contributed by atoms with Gasteiger partial charge in [0.2, 0.25) is 0 Å². The van der Waals surface area contributed by atoms with E-state index in [0.717, 1.165) is 0 Å². The zero-order valence-corrected chi connectivity index (χ0v) is 17.1. The molecular weight excluding hydrogens is 659 g/mol. The molecule has 1 aliphatic rings. The summed E-state index contributed by atoms with van der Waals surface area (Å²) in [7, 11) is 0. The molecule has 1 saturated heterocycles. The molecular formula is C14H3F25O. The number of ether oxygens (including phenoxy) is 1. The summed E-state index contributed by atoms with van der Waals surface area (Å²) in [6.45, 7) is -1.76. The van der Waals surface area contributed by atoms with Crippen LogP contribution in [0.25, 0.3) is 0 Å². The van der Waals surface area contributed by atoms with Crippen LogP contribution in [0.5, 0.6) is 0 Å². The topological polar surface area (TPSA) is 12.5 Å². The van der Waals surface area contributed by atoms with Gasteiger partial charge in [0, 0.05) is 0 Å². The second-order valence-corrected chi connectivity index (χ2v) is 7.69. The van der Waals surface area contributed by atoms with Gasteiger partial charge in [-0.2, -0.15) is 110 Å². The van der Waals surface area contributed by atoms with E-state index < -0.39 is 84.0 Å². The average molecular weight is 662 g/mol. The highest BCUT2D eigenvalue weighted by molar-refractivity contribution is 5.20. The summed E-state index contributed by atoms with van der Waals surface area (Å²) in [6.07, 6.45) is -11.7. The minimum absolute atomic E-state index is 1.76. The molecule has 1 atom stereocenters. The van der Waals surface area contributed by atoms with Crippen LogP contribution < -0.4 is 0 Å². The van der Waals surface area contributed by atoms with Crippen LogP contribution in [0.1, 0.15) is 0 Å². The predicted molar refractivity (Wildman–Crippen MR) is 70.2 cm³/mol. The molecule has 1 heterocycles. The van der Waals surface area contributed by atoms with Crippen molar-refractivity contribution in [3.8, 4) is 0 Å². The molecule has 0 amide bonds. The van der Waals surface area contributed by atoms with E-state index in [4.69, 9.17) is 0 Å². The Balaban J connectivity index is 3.83. The molecule has 0 radical (unpaired) electrons. The van der Waals surface area contributed by atoms with Gasteiger partial charge < -0.3 is 4.74 Å². The molecule has 0 bridgehead atoms. The molecule has 0 saturated carbocycles. The van der Waals surface area contributed by atoms with Gasteiger partial charge in [0.15, 0.2) is 6.10 Å². The average Bonchev–Trinajstić information content (AvgIpc) is 3.57. The SMILES string of the molecule is FC(F)(F)C(F)(F)C(F)(F)C(F)(F)C(F)(F)C(F)(F)C(F)(F)C(F)(F)C(F)(F)C(F)(F)C(F)(F)C(F)(F)C1CO1. The van der Waals surface area contributed by atoms with Gasteiger partial charge in [0.05, 0.1) is 6.61 Å². The number of epoxide rings is 1. The number of hydrogen-bond acceptors (Lipinski definition) is 1. The quantitative estimate of drug-likeness (QED) is 0.162. The zero-order chi connectivity index (χ0) is 33.0. The molecule has 1 rings (SSSR count). The molecule has 40 heavy (non-hydrogen) atoms. The number of alkyl halides is 25. The maximum Gasteiger partial charge on any atom is 0.460 e. The molecule has 1 unspecified atom stereocenters. The Hall–Kier alpha value is -1.79. The largest absolute Gasteiger partial charge is 0.460 e. The lowest BCUT2D eigenvalue weighted by atomic mass is 9.84. The van der Waals surface area contributed by atoms with Crippen LogP contribution in [0.2, 0.25) is 0 Å². The zero-order valence-electron chi connectivity index (χ0n) is 17.1. The van der Waals surface area contributed by atoms with E-state index in [0.29, 0.717) is 0 Å². The third-order valence-electron chi connectivity index (χ3n) is 5.06. The fourth-order valence-corrected chi connectivity index (χ4v) is 2.42. The molecule has 240 valence electrons. The van der Waals surface area contributed by atoms with Gasteiger partial charge >= 0.3 is 71.3 Å². The highest BCUT2D eigenvalue weighted by Gasteiger charge is 2.99. The van der Waals surface area contributed by atoms with Gasteiger partial charge in [-0.05, 0) is 0 Å². The molecule has 26 heteroatoms. The Morgan fingerprint density at radius 2 is 0.475 bits per heavy atom. The lowest BCUT2D eigenvalue weighted by Crippen LogP contribution is -2.78. The summed E-state index contributed by atoms with van der Waals surface area (Å²) >= 11 is 0. The molecule has 1 aliphatic heterocycles. The van der Waals surface area contributed by atoms with E-state index in [2.05, 4.69) is 4.74 Å². The van der Waals surface area contributed by atoms with Crippen LogP contribution in [0.15, 0.2) is 0 Å². The first-order chi connectivity index (χ1) is 16.9. The second-order valence-electron chi connectivity index (χ2n) is 7.69. The van der Waals surface area contributed by atoms with Crippen LogP contribution in [-0.2, 0) is 4.74 Å². The normalized spacial score (nSPS) is 20.2. The maximum atomic E-state index is 13.6. The molecule has 0 spiro atoms. The van der Waals surface area contributed by atoms with Crippen LogP contribution in [-0.4, -0.2) is 84.0 Å². The fourth-order valence-electron chi connectivity index (χ4n) is 2.42. The van der Waals surface area contributed by atoms with Crippen molar-refractivity contribution in [1.29, 1.82) is 0 Å². The predicted octanol–water partition coefficient (Wildman–Crippen LogP) is 7.94. The van der Waals surface area contributed by atoms with Crippen molar-refractivity contribution in [2.75, 3.05) is 6.61 Å². The summed E-state index contributed by atoms with van der Waals surface area (Å²) in [6, 6.07) is 0. The Labute approximate surface area is 200 Å². The first-order valence-corrected chi connectivity index (χ1v) is 8.70. The van der Waals surface area contributed by atoms with E-state index in [1.165, 1.54) is 0 Å². The summed E-state index contributed by atoms with van der Waals surface area (Å²) in [4.78, 5) is 0. The standard InChI is InChI=1S/C14H3F25O/c15-3(16,2-1-40-2)4(17,18)5(19,20)6(21,22)7(23,24)8(25,26)9(27,28)10(29,30)11(31,32)12(33,34)13(35,36)14(37,38)39/h2H,1H2. The first kappa shape index (κ1) is 36.2. The van der Waals surface area contributed by atoms with Gasteiger partial charge in [-0.15, -0.1) is 0 Å². The summed E-state index contributed by atoms with van der Waals surface area (Å²) in [5.74, 6) is -98.0. The third-order valence-corrected chi connectivity index (χ3v) is 5.06. The van der Waals surface area contributed by atoms with Gasteiger partial charge in [-0.1, -0.05) is 0 Å². The van der Waals surface area contributed by atoms with Crippen molar-refractivity contribution < 1.29 is 114 Å². The Bertz CT molecular complexity index is 951. The second kappa shape index (κ2) is 8.63. The lowest BCUT2D eigenvalue weighted by Gasteiger charge is -2.45. The highest BCUT2D eigenvalue weighted by Crippen LogP contribution is 2.68. The van der Waals surface area contributed by atoms with Gasteiger partial charge in [-0.3, -0.25) is 0 Å². The number of rotatable bonds is 11. The van der Waals surface area contributed by atoms with Gasteiger partial charge in [-0.25, -0.2) is 0 Å². The van der Waals surface area contributed by atoms with Gasteiger partial charge in [0.1, 0.15) is 0 Å². The number of halogens is 25.